The van der Waals surface area contributed by atoms with Crippen LogP contribution in [-0.4, -0.2) is 30.0 Å². The second-order valence-electron chi connectivity index (χ2n) is 4.52. The fourth-order valence-electron chi connectivity index (χ4n) is 1.96. The summed E-state index contributed by atoms with van der Waals surface area (Å²) in [6.45, 7) is 2.48. The summed E-state index contributed by atoms with van der Waals surface area (Å²) in [5, 5.41) is 3.45. The molecule has 0 saturated heterocycles. The first-order valence-electron chi connectivity index (χ1n) is 6.83. The maximum Gasteiger partial charge on any atom is 0.341 e. The molecule has 0 bridgehead atoms. The standard InChI is InChI=1S/C15H15Cl2FN2O2/c1-2-22-15(21)10-8-20-12-7-13(19-5-3-4-16)11(18)6-9(12)14(10)17/h6-8,19H,2-5H2,1H3. The van der Waals surface area contributed by atoms with E-state index in [1.54, 1.807) is 13.0 Å². The molecule has 0 radical (unpaired) electrons. The third kappa shape index (κ3) is 3.59. The van der Waals surface area contributed by atoms with Crippen molar-refractivity contribution in [2.75, 3.05) is 24.3 Å². The van der Waals surface area contributed by atoms with Crippen LogP contribution >= 0.6 is 23.2 Å². The van der Waals surface area contributed by atoms with E-state index >= 15 is 0 Å². The molecule has 1 N–H and O–H groups in total. The van der Waals surface area contributed by atoms with Gasteiger partial charge in [-0.15, -0.1) is 11.6 Å². The lowest BCUT2D eigenvalue weighted by molar-refractivity contribution is 0.0526. The van der Waals surface area contributed by atoms with Crippen molar-refractivity contribution >= 4 is 45.8 Å². The lowest BCUT2D eigenvalue weighted by Crippen LogP contribution is -2.07. The summed E-state index contributed by atoms with van der Waals surface area (Å²) in [5.74, 6) is -0.548. The van der Waals surface area contributed by atoms with Crippen molar-refractivity contribution in [1.82, 2.24) is 4.98 Å². The molecule has 1 heterocycles. The Balaban J connectivity index is 2.40. The van der Waals surface area contributed by atoms with Gasteiger partial charge in [-0.05, 0) is 25.5 Å². The molecule has 2 rings (SSSR count). The van der Waals surface area contributed by atoms with Crippen molar-refractivity contribution in [3.05, 3.63) is 34.7 Å². The summed E-state index contributed by atoms with van der Waals surface area (Å²) in [7, 11) is 0. The SMILES string of the molecule is CCOC(=O)c1cnc2cc(NCCCCl)c(F)cc2c1Cl. The number of rotatable bonds is 6. The van der Waals surface area contributed by atoms with Gasteiger partial charge in [-0.2, -0.15) is 0 Å². The number of alkyl halides is 1. The van der Waals surface area contributed by atoms with Gasteiger partial charge in [0.2, 0.25) is 0 Å². The topological polar surface area (TPSA) is 51.2 Å². The van der Waals surface area contributed by atoms with Crippen LogP contribution in [0.4, 0.5) is 10.1 Å². The molecule has 0 saturated carbocycles. The van der Waals surface area contributed by atoms with Crippen LogP contribution in [0.15, 0.2) is 18.3 Å². The molecular formula is C15H15Cl2FN2O2. The average molecular weight is 345 g/mol. The predicted octanol–water partition coefficient (Wildman–Crippen LogP) is 4.24. The van der Waals surface area contributed by atoms with Gasteiger partial charge in [-0.25, -0.2) is 9.18 Å². The van der Waals surface area contributed by atoms with E-state index in [0.29, 0.717) is 29.0 Å². The first-order chi connectivity index (χ1) is 10.6. The van der Waals surface area contributed by atoms with Crippen molar-refractivity contribution in [2.45, 2.75) is 13.3 Å². The number of anilines is 1. The number of halogens is 3. The van der Waals surface area contributed by atoms with Crippen LogP contribution in [-0.2, 0) is 4.74 Å². The largest absolute Gasteiger partial charge is 0.462 e. The maximum atomic E-state index is 14.1. The van der Waals surface area contributed by atoms with Gasteiger partial charge in [0.25, 0.3) is 0 Å². The summed E-state index contributed by atoms with van der Waals surface area (Å²) in [5.41, 5.74) is 0.941. The molecule has 4 nitrogen and oxygen atoms in total. The van der Waals surface area contributed by atoms with Crippen LogP contribution < -0.4 is 5.32 Å². The summed E-state index contributed by atoms with van der Waals surface area (Å²) < 4.78 is 19.0. The summed E-state index contributed by atoms with van der Waals surface area (Å²) >= 11 is 11.8. The van der Waals surface area contributed by atoms with Crippen molar-refractivity contribution in [3.8, 4) is 0 Å². The summed E-state index contributed by atoms with van der Waals surface area (Å²) in [4.78, 5) is 15.9. The number of fused-ring (bicyclic) bond motifs is 1. The fourth-order valence-corrected chi connectivity index (χ4v) is 2.37. The lowest BCUT2D eigenvalue weighted by Gasteiger charge is -2.10. The minimum absolute atomic E-state index is 0.123. The predicted molar refractivity (Wildman–Crippen MR) is 86.5 cm³/mol. The summed E-state index contributed by atoms with van der Waals surface area (Å²) in [6, 6.07) is 2.82. The van der Waals surface area contributed by atoms with Gasteiger partial charge in [0.1, 0.15) is 5.82 Å². The van der Waals surface area contributed by atoms with E-state index < -0.39 is 11.8 Å². The normalized spacial score (nSPS) is 10.7. The van der Waals surface area contributed by atoms with Crippen molar-refractivity contribution in [2.24, 2.45) is 0 Å². The highest BCUT2D eigenvalue weighted by atomic mass is 35.5. The van der Waals surface area contributed by atoms with Gasteiger partial charge in [0.15, 0.2) is 0 Å². The molecule has 7 heteroatoms. The van der Waals surface area contributed by atoms with Crippen LogP contribution in [0.3, 0.4) is 0 Å². The van der Waals surface area contributed by atoms with Gasteiger partial charge < -0.3 is 10.1 Å². The van der Waals surface area contributed by atoms with Crippen molar-refractivity contribution in [3.63, 3.8) is 0 Å². The van der Waals surface area contributed by atoms with E-state index in [-0.39, 0.29) is 17.2 Å². The molecule has 22 heavy (non-hydrogen) atoms. The number of hydrogen-bond acceptors (Lipinski definition) is 4. The third-order valence-electron chi connectivity index (χ3n) is 3.01. The van der Waals surface area contributed by atoms with Crippen LogP contribution in [0.5, 0.6) is 0 Å². The molecule has 118 valence electrons. The summed E-state index contributed by atoms with van der Waals surface area (Å²) in [6.07, 6.45) is 2.05. The molecule has 0 fully saturated rings. The quantitative estimate of drug-likeness (QED) is 0.483. The Morgan fingerprint density at radius 1 is 1.45 bits per heavy atom. The number of esters is 1. The molecular weight excluding hydrogens is 330 g/mol. The van der Waals surface area contributed by atoms with Gasteiger partial charge in [0.05, 0.1) is 28.4 Å². The number of nitrogens with one attached hydrogen (secondary N) is 1. The Hall–Kier alpha value is -1.59. The maximum absolute atomic E-state index is 14.1. The number of ether oxygens (including phenoxy) is 1. The van der Waals surface area contributed by atoms with Crippen LogP contribution in [0.2, 0.25) is 5.02 Å². The average Bonchev–Trinajstić information content (AvgIpc) is 2.49. The molecule has 0 spiro atoms. The minimum atomic E-state index is -0.577. The molecule has 0 amide bonds. The van der Waals surface area contributed by atoms with E-state index in [2.05, 4.69) is 10.3 Å². The number of aromatic nitrogens is 1. The van der Waals surface area contributed by atoms with Crippen LogP contribution in [0.25, 0.3) is 10.9 Å². The van der Waals surface area contributed by atoms with E-state index in [0.717, 1.165) is 6.42 Å². The van der Waals surface area contributed by atoms with Crippen LogP contribution in [0.1, 0.15) is 23.7 Å². The zero-order valence-electron chi connectivity index (χ0n) is 12.0. The number of pyridine rings is 1. The fraction of sp³-hybridized carbons (Fsp3) is 0.333. The number of benzene rings is 1. The second-order valence-corrected chi connectivity index (χ2v) is 5.28. The highest BCUT2D eigenvalue weighted by Crippen LogP contribution is 2.30. The Bertz CT molecular complexity index is 695. The Morgan fingerprint density at radius 2 is 2.23 bits per heavy atom. The highest BCUT2D eigenvalue weighted by Gasteiger charge is 2.16. The van der Waals surface area contributed by atoms with Crippen molar-refractivity contribution in [1.29, 1.82) is 0 Å². The number of nitrogens with zero attached hydrogens (tertiary/aromatic N) is 1. The molecule has 0 aliphatic rings. The van der Waals surface area contributed by atoms with E-state index in [1.807, 2.05) is 0 Å². The molecule has 0 atom stereocenters. The third-order valence-corrected chi connectivity index (χ3v) is 3.69. The first kappa shape index (κ1) is 16.8. The first-order valence-corrected chi connectivity index (χ1v) is 7.74. The Kier molecular flexibility index (Phi) is 5.80. The van der Waals surface area contributed by atoms with Gasteiger partial charge in [0, 0.05) is 24.0 Å². The smallest absolute Gasteiger partial charge is 0.341 e. The van der Waals surface area contributed by atoms with E-state index in [1.165, 1.54) is 12.3 Å². The molecule has 0 aliphatic carbocycles. The second kappa shape index (κ2) is 7.61. The van der Waals surface area contributed by atoms with E-state index in [4.69, 9.17) is 27.9 Å². The molecule has 1 aromatic carbocycles. The monoisotopic (exact) mass is 344 g/mol. The van der Waals surface area contributed by atoms with Crippen molar-refractivity contribution < 1.29 is 13.9 Å². The molecule has 0 aliphatic heterocycles. The number of hydrogen-bond donors (Lipinski definition) is 1. The van der Waals surface area contributed by atoms with Gasteiger partial charge in [-0.1, -0.05) is 11.6 Å². The highest BCUT2D eigenvalue weighted by molar-refractivity contribution is 6.38. The number of carbonyl (C=O) groups excluding carboxylic acids is 1. The molecule has 0 unspecified atom stereocenters. The Morgan fingerprint density at radius 3 is 2.91 bits per heavy atom. The Labute approximate surface area is 137 Å². The number of carbonyl (C=O) groups is 1. The van der Waals surface area contributed by atoms with Gasteiger partial charge >= 0.3 is 5.97 Å². The zero-order chi connectivity index (χ0) is 16.1. The zero-order valence-corrected chi connectivity index (χ0v) is 13.5. The van der Waals surface area contributed by atoms with Gasteiger partial charge in [-0.3, -0.25) is 4.98 Å². The van der Waals surface area contributed by atoms with E-state index in [9.17, 15) is 9.18 Å². The lowest BCUT2D eigenvalue weighted by atomic mass is 10.1. The van der Waals surface area contributed by atoms with Crippen LogP contribution in [0, 0.1) is 5.82 Å². The molecule has 2 aromatic rings. The minimum Gasteiger partial charge on any atom is -0.462 e. The molecule has 1 aromatic heterocycles.